The Balaban J connectivity index is 1.54. The second kappa shape index (κ2) is 17.0. The van der Waals surface area contributed by atoms with Crippen LogP contribution in [0.1, 0.15) is 73.7 Å². The van der Waals surface area contributed by atoms with Crippen molar-refractivity contribution in [3.63, 3.8) is 0 Å². The Morgan fingerprint density at radius 3 is 2.55 bits per heavy atom. The third-order valence-corrected chi connectivity index (χ3v) is 10.8. The smallest absolute Gasteiger partial charge is 0.412 e. The lowest BCUT2D eigenvalue weighted by molar-refractivity contribution is -0.252. The van der Waals surface area contributed by atoms with Crippen molar-refractivity contribution in [3.8, 4) is 23.0 Å². The highest BCUT2D eigenvalue weighted by Crippen LogP contribution is 2.62. The number of fused-ring (bicyclic) bond motifs is 3. The molecular weight excluding hydrogens is 682 g/mol. The largest absolute Gasteiger partial charge is 0.459 e. The van der Waals surface area contributed by atoms with Gasteiger partial charge >= 0.3 is 6.09 Å². The number of aliphatic hydroxyl groups excluding tert-OH is 2. The van der Waals surface area contributed by atoms with E-state index < -0.39 is 23.8 Å². The summed E-state index contributed by atoms with van der Waals surface area (Å²) in [5.41, 5.74) is 2.85. The van der Waals surface area contributed by atoms with Gasteiger partial charge in [0, 0.05) is 50.3 Å². The zero-order valence-electron chi connectivity index (χ0n) is 30.8. The van der Waals surface area contributed by atoms with Crippen molar-refractivity contribution in [1.82, 2.24) is 10.2 Å². The van der Waals surface area contributed by atoms with Gasteiger partial charge < -0.3 is 49.0 Å². The number of rotatable bonds is 16. The standard InChI is InChI=1S/C40H51N3O10/c1-5-19-51-40-35(43(3)38(46)26-13-15-33-34(21-26)50-24-49-33)23-31(42-48-4)29-20-25(11-7-9-17-44)28(12-8-10-18-45)36(37(29)40)30-22-27(14-16-32(30)53-40)52-39(47)41-6-2/h5,13-16,20-22,25,28,35-37,44-45H,1,6-12,17-19,23-24H2,2-4H3,(H,41,47). The number of aliphatic hydroxyl groups is 2. The van der Waals surface area contributed by atoms with E-state index in [1.807, 2.05) is 13.0 Å². The second-order valence-electron chi connectivity index (χ2n) is 13.9. The Morgan fingerprint density at radius 2 is 1.81 bits per heavy atom. The molecule has 286 valence electrons. The van der Waals surface area contributed by atoms with E-state index >= 15 is 0 Å². The number of nitrogens with zero attached hydrogens (tertiary/aromatic N) is 2. The molecular formula is C40H51N3O10. The van der Waals surface area contributed by atoms with Crippen molar-refractivity contribution < 1.29 is 48.3 Å². The molecule has 0 radical (unpaired) electrons. The number of likely N-dealkylation sites (N-methyl/N-ethyl adjacent to an activating group) is 1. The average molecular weight is 734 g/mol. The molecule has 6 unspecified atom stereocenters. The number of hydrogen-bond donors (Lipinski definition) is 3. The van der Waals surface area contributed by atoms with Gasteiger partial charge in [0.1, 0.15) is 24.7 Å². The zero-order valence-corrected chi connectivity index (χ0v) is 30.8. The topological polar surface area (TPSA) is 158 Å². The summed E-state index contributed by atoms with van der Waals surface area (Å²) >= 11 is 0. The van der Waals surface area contributed by atoms with E-state index in [9.17, 15) is 19.8 Å². The summed E-state index contributed by atoms with van der Waals surface area (Å²) in [6, 6.07) is 9.81. The number of unbranched alkanes of at least 4 members (excludes halogenated alkanes) is 2. The van der Waals surface area contributed by atoms with Gasteiger partial charge in [0.05, 0.1) is 18.2 Å². The van der Waals surface area contributed by atoms with Crippen LogP contribution in [-0.4, -0.2) is 92.0 Å². The Hall–Kier alpha value is -4.59. The second-order valence-corrected chi connectivity index (χ2v) is 13.9. The fraction of sp³-hybridized carbons (Fsp3) is 0.525. The Labute approximate surface area is 310 Å². The number of hydrogen-bond acceptors (Lipinski definition) is 11. The SMILES string of the molecule is C=CCOC12Oc3ccc(OC(=O)NCC)cc3C3C(CCCCO)C(CCCCO)C=C(C(=NOC)CC1N(C)C(=O)c1ccc4c(c1)OCO4)C32. The van der Waals surface area contributed by atoms with E-state index in [1.54, 1.807) is 48.4 Å². The molecule has 3 N–H and O–H groups in total. The summed E-state index contributed by atoms with van der Waals surface area (Å²) in [6.07, 6.45) is 8.13. The summed E-state index contributed by atoms with van der Waals surface area (Å²) in [5.74, 6) is -0.316. The first kappa shape index (κ1) is 38.1. The molecule has 53 heavy (non-hydrogen) atoms. The van der Waals surface area contributed by atoms with Crippen LogP contribution in [0.5, 0.6) is 23.0 Å². The van der Waals surface area contributed by atoms with Gasteiger partial charge in [-0.2, -0.15) is 0 Å². The van der Waals surface area contributed by atoms with Crippen molar-refractivity contribution >= 4 is 17.7 Å². The van der Waals surface area contributed by atoms with Gasteiger partial charge in [-0.3, -0.25) is 4.79 Å². The van der Waals surface area contributed by atoms with Gasteiger partial charge in [0.25, 0.3) is 5.91 Å². The van der Waals surface area contributed by atoms with E-state index in [0.29, 0.717) is 53.7 Å². The predicted molar refractivity (Wildman–Crippen MR) is 196 cm³/mol. The number of nitrogens with one attached hydrogen (secondary N) is 1. The van der Waals surface area contributed by atoms with Crippen LogP contribution in [-0.2, 0) is 9.57 Å². The quantitative estimate of drug-likeness (QED) is 0.113. The molecule has 1 fully saturated rings. The van der Waals surface area contributed by atoms with Gasteiger partial charge in [0.2, 0.25) is 12.6 Å². The first-order valence-electron chi connectivity index (χ1n) is 18.5. The minimum absolute atomic E-state index is 0.0282. The number of carbonyl (C=O) groups is 2. The van der Waals surface area contributed by atoms with Gasteiger partial charge in [-0.1, -0.05) is 30.1 Å². The minimum Gasteiger partial charge on any atom is -0.459 e. The number of ether oxygens (including phenoxy) is 5. The summed E-state index contributed by atoms with van der Waals surface area (Å²) in [4.78, 5) is 34.2. The molecule has 13 nitrogen and oxygen atoms in total. The fourth-order valence-electron chi connectivity index (χ4n) is 8.56. The van der Waals surface area contributed by atoms with Gasteiger partial charge in [-0.25, -0.2) is 4.79 Å². The van der Waals surface area contributed by atoms with Crippen molar-refractivity contribution in [3.05, 3.63) is 71.8 Å². The maximum absolute atomic E-state index is 14.4. The molecule has 6 atom stereocenters. The van der Waals surface area contributed by atoms with Crippen LogP contribution in [0, 0.1) is 17.8 Å². The van der Waals surface area contributed by atoms with Gasteiger partial charge in [-0.05, 0) is 86.4 Å². The molecule has 13 heteroatoms. The summed E-state index contributed by atoms with van der Waals surface area (Å²) in [7, 11) is 3.25. The molecule has 2 aromatic rings. The molecule has 6 rings (SSSR count). The summed E-state index contributed by atoms with van der Waals surface area (Å²) in [5, 5.41) is 26.8. The van der Waals surface area contributed by atoms with E-state index in [2.05, 4.69) is 23.1 Å². The fourth-order valence-corrected chi connectivity index (χ4v) is 8.56. The van der Waals surface area contributed by atoms with Crippen molar-refractivity contribution in [1.29, 1.82) is 0 Å². The molecule has 2 amide bonds. The van der Waals surface area contributed by atoms with E-state index in [1.165, 1.54) is 7.11 Å². The lowest BCUT2D eigenvalue weighted by Crippen LogP contribution is -2.69. The molecule has 1 saturated carbocycles. The zero-order chi connectivity index (χ0) is 37.5. The maximum Gasteiger partial charge on any atom is 0.412 e. The molecule has 2 aliphatic heterocycles. The maximum atomic E-state index is 14.4. The average Bonchev–Trinajstić information content (AvgIpc) is 3.64. The van der Waals surface area contributed by atoms with Gasteiger partial charge in [-0.15, -0.1) is 6.58 Å². The summed E-state index contributed by atoms with van der Waals surface area (Å²) in [6.45, 7) is 6.59. The number of benzene rings is 2. The first-order valence-corrected chi connectivity index (χ1v) is 18.5. The van der Waals surface area contributed by atoms with Crippen LogP contribution >= 0.6 is 0 Å². The third kappa shape index (κ3) is 7.60. The van der Waals surface area contributed by atoms with Crippen molar-refractivity contribution in [2.45, 2.75) is 69.6 Å². The highest BCUT2D eigenvalue weighted by Gasteiger charge is 2.65. The third-order valence-electron chi connectivity index (χ3n) is 10.8. The normalized spacial score (nSPS) is 25.7. The van der Waals surface area contributed by atoms with E-state index in [-0.39, 0.29) is 56.7 Å². The van der Waals surface area contributed by atoms with Crippen molar-refractivity contribution in [2.24, 2.45) is 22.9 Å². The van der Waals surface area contributed by atoms with Crippen LogP contribution in [0.2, 0.25) is 0 Å². The predicted octanol–water partition coefficient (Wildman–Crippen LogP) is 5.56. The van der Waals surface area contributed by atoms with Crippen LogP contribution in [0.4, 0.5) is 4.79 Å². The lowest BCUT2D eigenvalue weighted by Gasteiger charge is -2.59. The molecule has 2 heterocycles. The number of oxime groups is 1. The minimum atomic E-state index is -1.40. The van der Waals surface area contributed by atoms with Crippen LogP contribution < -0.4 is 24.3 Å². The Kier molecular flexibility index (Phi) is 12.3. The highest BCUT2D eigenvalue weighted by molar-refractivity contribution is 6.03. The number of carbonyl (C=O) groups excluding carboxylic acids is 2. The molecule has 0 bridgehead atoms. The molecule has 2 aromatic carbocycles. The first-order chi connectivity index (χ1) is 25.8. The monoisotopic (exact) mass is 733 g/mol. The highest BCUT2D eigenvalue weighted by atomic mass is 16.7. The van der Waals surface area contributed by atoms with Crippen LogP contribution in [0.15, 0.2) is 65.9 Å². The lowest BCUT2D eigenvalue weighted by atomic mass is 9.55. The molecule has 2 aliphatic carbocycles. The molecule has 0 saturated heterocycles. The van der Waals surface area contributed by atoms with Gasteiger partial charge in [0.15, 0.2) is 11.5 Å². The van der Waals surface area contributed by atoms with Crippen LogP contribution in [0.25, 0.3) is 0 Å². The Morgan fingerprint density at radius 1 is 1.06 bits per heavy atom. The Bertz CT molecular complexity index is 1710. The van der Waals surface area contributed by atoms with E-state index in [0.717, 1.165) is 36.8 Å². The molecule has 4 aliphatic rings. The number of allylic oxidation sites excluding steroid dienone is 1. The molecule has 0 aromatic heterocycles. The molecule has 0 spiro atoms. The summed E-state index contributed by atoms with van der Waals surface area (Å²) < 4.78 is 30.8. The number of amides is 2. The van der Waals surface area contributed by atoms with Crippen LogP contribution in [0.3, 0.4) is 0 Å². The van der Waals surface area contributed by atoms with E-state index in [4.69, 9.17) is 28.5 Å². The van der Waals surface area contributed by atoms with Crippen molar-refractivity contribution in [2.75, 3.05) is 47.3 Å².